The second-order valence-electron chi connectivity index (χ2n) is 4.33. The van der Waals surface area contributed by atoms with Crippen molar-refractivity contribution in [3.05, 3.63) is 18.2 Å². The van der Waals surface area contributed by atoms with Gasteiger partial charge in [0.25, 0.3) is 0 Å². The van der Waals surface area contributed by atoms with Crippen molar-refractivity contribution >= 4 is 5.82 Å². The van der Waals surface area contributed by atoms with Crippen molar-refractivity contribution in [2.75, 3.05) is 11.9 Å². The molecule has 0 atom stereocenters. The van der Waals surface area contributed by atoms with Gasteiger partial charge in [0.15, 0.2) is 0 Å². The summed E-state index contributed by atoms with van der Waals surface area (Å²) in [5, 5.41) is 3.46. The number of ether oxygens (including phenoxy) is 1. The molecule has 0 aromatic carbocycles. The molecule has 3 nitrogen and oxygen atoms in total. The van der Waals surface area contributed by atoms with Crippen molar-refractivity contribution < 1.29 is 4.74 Å². The zero-order chi connectivity index (χ0) is 10.7. The van der Waals surface area contributed by atoms with Crippen LogP contribution < -0.4 is 10.1 Å². The molecule has 1 aliphatic carbocycles. The van der Waals surface area contributed by atoms with E-state index in [0.29, 0.717) is 12.5 Å². The van der Waals surface area contributed by atoms with Crippen molar-refractivity contribution in [3.8, 4) is 5.88 Å². The van der Waals surface area contributed by atoms with Crippen LogP contribution in [0.4, 0.5) is 5.82 Å². The average Bonchev–Trinajstić information content (AvgIpc) is 2.16. The third-order valence-corrected chi connectivity index (χ3v) is 2.90. The predicted molar refractivity (Wildman–Crippen MR) is 61.3 cm³/mol. The summed E-state index contributed by atoms with van der Waals surface area (Å²) < 4.78 is 5.36. The lowest BCUT2D eigenvalue weighted by Gasteiger charge is -2.39. The number of rotatable bonds is 4. The largest absolute Gasteiger partial charge is 0.478 e. The molecule has 0 radical (unpaired) electrons. The molecule has 2 rings (SSSR count). The van der Waals surface area contributed by atoms with Crippen molar-refractivity contribution in [2.24, 2.45) is 0 Å². The summed E-state index contributed by atoms with van der Waals surface area (Å²) in [6.07, 6.45) is 3.77. The molecule has 0 spiro atoms. The molecule has 1 aromatic heterocycles. The van der Waals surface area contributed by atoms with E-state index in [2.05, 4.69) is 17.2 Å². The van der Waals surface area contributed by atoms with Crippen LogP contribution in [0.5, 0.6) is 5.88 Å². The number of pyridine rings is 1. The minimum Gasteiger partial charge on any atom is -0.478 e. The first-order valence-corrected chi connectivity index (χ1v) is 5.60. The number of hydrogen-bond acceptors (Lipinski definition) is 3. The predicted octanol–water partition coefficient (Wildman–Crippen LogP) is 2.83. The summed E-state index contributed by atoms with van der Waals surface area (Å²) >= 11 is 0. The lowest BCUT2D eigenvalue weighted by atomic mass is 9.78. The maximum Gasteiger partial charge on any atom is 0.215 e. The molecule has 0 unspecified atom stereocenters. The Kier molecular flexibility index (Phi) is 2.80. The highest BCUT2D eigenvalue weighted by molar-refractivity contribution is 5.40. The topological polar surface area (TPSA) is 34.1 Å². The summed E-state index contributed by atoms with van der Waals surface area (Å²) in [6, 6.07) is 5.85. The van der Waals surface area contributed by atoms with Crippen molar-refractivity contribution in [2.45, 2.75) is 38.6 Å². The second-order valence-corrected chi connectivity index (χ2v) is 4.33. The molecule has 1 aromatic rings. The summed E-state index contributed by atoms with van der Waals surface area (Å²) in [4.78, 5) is 4.40. The fourth-order valence-corrected chi connectivity index (χ4v) is 1.85. The van der Waals surface area contributed by atoms with E-state index in [0.717, 1.165) is 5.82 Å². The zero-order valence-corrected chi connectivity index (χ0v) is 9.42. The van der Waals surface area contributed by atoms with Gasteiger partial charge in [-0.05, 0) is 39.2 Å². The van der Waals surface area contributed by atoms with Crippen LogP contribution in [0.1, 0.15) is 33.1 Å². The van der Waals surface area contributed by atoms with Crippen LogP contribution in [0.25, 0.3) is 0 Å². The van der Waals surface area contributed by atoms with Crippen molar-refractivity contribution in [1.82, 2.24) is 4.98 Å². The number of nitrogens with one attached hydrogen (secondary N) is 1. The van der Waals surface area contributed by atoms with Gasteiger partial charge in [-0.3, -0.25) is 0 Å². The third kappa shape index (κ3) is 2.41. The smallest absolute Gasteiger partial charge is 0.215 e. The van der Waals surface area contributed by atoms with Crippen LogP contribution in [0.15, 0.2) is 18.2 Å². The molecule has 0 aliphatic heterocycles. The average molecular weight is 206 g/mol. The molecule has 3 heteroatoms. The zero-order valence-electron chi connectivity index (χ0n) is 9.42. The van der Waals surface area contributed by atoms with Crippen LogP contribution in [0.3, 0.4) is 0 Å². The molecule has 15 heavy (non-hydrogen) atoms. The van der Waals surface area contributed by atoms with Gasteiger partial charge in [-0.15, -0.1) is 0 Å². The van der Waals surface area contributed by atoms with Gasteiger partial charge in [0.05, 0.1) is 6.61 Å². The summed E-state index contributed by atoms with van der Waals surface area (Å²) in [6.45, 7) is 4.87. The van der Waals surface area contributed by atoms with E-state index in [4.69, 9.17) is 4.74 Å². The number of anilines is 1. The number of nitrogens with zero attached hydrogens (tertiary/aromatic N) is 1. The Morgan fingerprint density at radius 3 is 2.87 bits per heavy atom. The summed E-state index contributed by atoms with van der Waals surface area (Å²) in [5.74, 6) is 1.62. The van der Waals surface area contributed by atoms with Crippen LogP contribution in [0.2, 0.25) is 0 Å². The van der Waals surface area contributed by atoms with Crippen LogP contribution in [-0.2, 0) is 0 Å². The van der Waals surface area contributed by atoms with Gasteiger partial charge in [0.2, 0.25) is 5.88 Å². The van der Waals surface area contributed by atoms with Crippen LogP contribution in [0, 0.1) is 0 Å². The van der Waals surface area contributed by atoms with Crippen LogP contribution >= 0.6 is 0 Å². The maximum atomic E-state index is 5.36. The fraction of sp³-hybridized carbons (Fsp3) is 0.583. The fourth-order valence-electron chi connectivity index (χ4n) is 1.85. The van der Waals surface area contributed by atoms with Gasteiger partial charge < -0.3 is 10.1 Å². The molecule has 1 heterocycles. The number of aromatic nitrogens is 1. The first-order valence-electron chi connectivity index (χ1n) is 5.60. The Hall–Kier alpha value is -1.25. The molecular weight excluding hydrogens is 188 g/mol. The standard InChI is InChI=1S/C12H18N2O/c1-3-15-11-7-4-6-10(13-11)14-12(2)8-5-9-12/h4,6-7H,3,5,8-9H2,1-2H3,(H,13,14). The van der Waals surface area contributed by atoms with E-state index in [1.165, 1.54) is 19.3 Å². The van der Waals surface area contributed by atoms with E-state index in [1.807, 2.05) is 25.1 Å². The highest BCUT2D eigenvalue weighted by Crippen LogP contribution is 2.34. The molecular formula is C12H18N2O. The molecule has 0 saturated heterocycles. The van der Waals surface area contributed by atoms with Gasteiger partial charge in [-0.2, -0.15) is 4.98 Å². The van der Waals surface area contributed by atoms with E-state index in [-0.39, 0.29) is 5.54 Å². The SMILES string of the molecule is CCOc1cccc(NC2(C)CCC2)n1. The molecule has 1 fully saturated rings. The van der Waals surface area contributed by atoms with Gasteiger partial charge in [-0.25, -0.2) is 0 Å². The van der Waals surface area contributed by atoms with Gasteiger partial charge in [0, 0.05) is 11.6 Å². The Labute approximate surface area is 90.9 Å². The number of hydrogen-bond donors (Lipinski definition) is 1. The highest BCUT2D eigenvalue weighted by Gasteiger charge is 2.31. The lowest BCUT2D eigenvalue weighted by molar-refractivity contribution is 0.303. The van der Waals surface area contributed by atoms with E-state index in [9.17, 15) is 0 Å². The minimum atomic E-state index is 0.248. The minimum absolute atomic E-state index is 0.248. The van der Waals surface area contributed by atoms with E-state index >= 15 is 0 Å². The summed E-state index contributed by atoms with van der Waals surface area (Å²) in [7, 11) is 0. The van der Waals surface area contributed by atoms with Gasteiger partial charge >= 0.3 is 0 Å². The maximum absolute atomic E-state index is 5.36. The Morgan fingerprint density at radius 2 is 2.27 bits per heavy atom. The molecule has 1 aliphatic rings. The molecule has 1 saturated carbocycles. The van der Waals surface area contributed by atoms with Gasteiger partial charge in [0.1, 0.15) is 5.82 Å². The quantitative estimate of drug-likeness (QED) is 0.822. The highest BCUT2D eigenvalue weighted by atomic mass is 16.5. The van der Waals surface area contributed by atoms with Crippen LogP contribution in [-0.4, -0.2) is 17.1 Å². The Morgan fingerprint density at radius 1 is 1.47 bits per heavy atom. The monoisotopic (exact) mass is 206 g/mol. The normalized spacial score (nSPS) is 18.0. The molecule has 0 bridgehead atoms. The summed E-state index contributed by atoms with van der Waals surface area (Å²) in [5.41, 5.74) is 0.248. The van der Waals surface area contributed by atoms with E-state index in [1.54, 1.807) is 0 Å². The first kappa shape index (κ1) is 10.3. The Balaban J connectivity index is 2.04. The van der Waals surface area contributed by atoms with Gasteiger partial charge in [-0.1, -0.05) is 6.07 Å². The Bertz CT molecular complexity index is 334. The second kappa shape index (κ2) is 4.09. The van der Waals surface area contributed by atoms with E-state index < -0.39 is 0 Å². The molecule has 1 N–H and O–H groups in total. The first-order chi connectivity index (χ1) is 7.22. The van der Waals surface area contributed by atoms with Crippen molar-refractivity contribution in [1.29, 1.82) is 0 Å². The van der Waals surface area contributed by atoms with Crippen molar-refractivity contribution in [3.63, 3.8) is 0 Å². The lowest BCUT2D eigenvalue weighted by Crippen LogP contribution is -2.41. The molecule has 0 amide bonds. The third-order valence-electron chi connectivity index (χ3n) is 2.90. The molecule has 82 valence electrons.